The molecule has 0 aromatic heterocycles. The Morgan fingerprint density at radius 2 is 2.00 bits per heavy atom. The second-order valence-electron chi connectivity index (χ2n) is 5.31. The van der Waals surface area contributed by atoms with Crippen molar-refractivity contribution in [3.63, 3.8) is 0 Å². The van der Waals surface area contributed by atoms with Crippen LogP contribution in [0.3, 0.4) is 0 Å². The zero-order chi connectivity index (χ0) is 14.8. The Morgan fingerprint density at radius 1 is 1.35 bits per heavy atom. The van der Waals surface area contributed by atoms with Crippen LogP contribution in [0.25, 0.3) is 0 Å². The number of hydrogen-bond donors (Lipinski definition) is 3. The Hall–Kier alpha value is -0.590. The summed E-state index contributed by atoms with van der Waals surface area (Å²) in [6, 6.07) is 5.80. The molecular formula is C14H17Br2NO3. The molecule has 1 fully saturated rings. The van der Waals surface area contributed by atoms with Crippen LogP contribution in [0.2, 0.25) is 0 Å². The zero-order valence-electron chi connectivity index (χ0n) is 10.9. The summed E-state index contributed by atoms with van der Waals surface area (Å²) in [5, 5.41) is 22.7. The normalized spacial score (nSPS) is 26.2. The Kier molecular flexibility index (Phi) is 5.09. The van der Waals surface area contributed by atoms with Gasteiger partial charge in [0.1, 0.15) is 0 Å². The quantitative estimate of drug-likeness (QED) is 0.714. The number of anilines is 1. The van der Waals surface area contributed by atoms with E-state index < -0.39 is 11.6 Å². The molecule has 0 atom stereocenters. The highest BCUT2D eigenvalue weighted by Gasteiger charge is 2.35. The maximum absolute atomic E-state index is 10.9. The SMILES string of the molecule is O=C(O)C1CCC(O)(CNc2ccc(Br)cc2Br)CC1. The lowest BCUT2D eigenvalue weighted by Gasteiger charge is -2.35. The molecule has 1 aromatic rings. The molecule has 2 rings (SSSR count). The second kappa shape index (κ2) is 6.45. The summed E-state index contributed by atoms with van der Waals surface area (Å²) in [5.41, 5.74) is 0.0975. The van der Waals surface area contributed by atoms with Gasteiger partial charge in [-0.3, -0.25) is 4.79 Å². The highest BCUT2D eigenvalue weighted by Crippen LogP contribution is 2.33. The molecule has 0 radical (unpaired) electrons. The molecule has 1 aliphatic rings. The summed E-state index contributed by atoms with van der Waals surface area (Å²) < 4.78 is 1.91. The molecule has 0 heterocycles. The zero-order valence-corrected chi connectivity index (χ0v) is 14.1. The number of carboxylic acids is 1. The number of halogens is 2. The van der Waals surface area contributed by atoms with Gasteiger partial charge in [-0.1, -0.05) is 15.9 Å². The number of hydrogen-bond acceptors (Lipinski definition) is 3. The molecule has 0 bridgehead atoms. The van der Waals surface area contributed by atoms with Gasteiger partial charge >= 0.3 is 5.97 Å². The maximum atomic E-state index is 10.9. The minimum Gasteiger partial charge on any atom is -0.481 e. The van der Waals surface area contributed by atoms with Crippen LogP contribution in [-0.4, -0.2) is 28.3 Å². The van der Waals surface area contributed by atoms with Crippen molar-refractivity contribution in [1.82, 2.24) is 0 Å². The third-order valence-electron chi connectivity index (χ3n) is 3.80. The van der Waals surface area contributed by atoms with E-state index in [1.54, 1.807) is 0 Å². The molecule has 4 nitrogen and oxygen atoms in total. The first-order valence-corrected chi connectivity index (χ1v) is 8.12. The number of nitrogens with one attached hydrogen (secondary N) is 1. The lowest BCUT2D eigenvalue weighted by atomic mass is 9.79. The van der Waals surface area contributed by atoms with Gasteiger partial charge in [-0.05, 0) is 59.8 Å². The van der Waals surface area contributed by atoms with Gasteiger partial charge in [-0.2, -0.15) is 0 Å². The molecule has 20 heavy (non-hydrogen) atoms. The van der Waals surface area contributed by atoms with Crippen LogP contribution in [0.1, 0.15) is 25.7 Å². The summed E-state index contributed by atoms with van der Waals surface area (Å²) in [6.07, 6.45) is 2.11. The fourth-order valence-electron chi connectivity index (χ4n) is 2.47. The predicted molar refractivity (Wildman–Crippen MR) is 84.9 cm³/mol. The number of carboxylic acid groups (broad SMARTS) is 1. The van der Waals surface area contributed by atoms with Crippen LogP contribution >= 0.6 is 31.9 Å². The van der Waals surface area contributed by atoms with Crippen molar-refractivity contribution in [3.8, 4) is 0 Å². The number of aliphatic hydroxyl groups is 1. The Balaban J connectivity index is 1.92. The molecule has 1 saturated carbocycles. The molecule has 6 heteroatoms. The van der Waals surface area contributed by atoms with Gasteiger partial charge in [-0.25, -0.2) is 0 Å². The minimum atomic E-state index is -0.821. The summed E-state index contributed by atoms with van der Waals surface area (Å²) in [6.45, 7) is 0.430. The van der Waals surface area contributed by atoms with Crippen molar-refractivity contribution in [2.75, 3.05) is 11.9 Å². The number of benzene rings is 1. The van der Waals surface area contributed by atoms with E-state index in [-0.39, 0.29) is 5.92 Å². The Bertz CT molecular complexity index is 499. The van der Waals surface area contributed by atoms with Crippen molar-refractivity contribution in [2.24, 2.45) is 5.92 Å². The van der Waals surface area contributed by atoms with Crippen LogP contribution in [-0.2, 0) is 4.79 Å². The molecule has 110 valence electrons. The third-order valence-corrected chi connectivity index (χ3v) is 4.95. The maximum Gasteiger partial charge on any atom is 0.306 e. The van der Waals surface area contributed by atoms with E-state index in [4.69, 9.17) is 5.11 Å². The van der Waals surface area contributed by atoms with E-state index in [1.165, 1.54) is 0 Å². The highest BCUT2D eigenvalue weighted by molar-refractivity contribution is 9.11. The van der Waals surface area contributed by atoms with Gasteiger partial charge in [0.25, 0.3) is 0 Å². The van der Waals surface area contributed by atoms with E-state index >= 15 is 0 Å². The third kappa shape index (κ3) is 3.96. The number of aliphatic carboxylic acids is 1. The molecule has 3 N–H and O–H groups in total. The molecule has 1 aromatic carbocycles. The molecule has 0 saturated heterocycles. The van der Waals surface area contributed by atoms with Crippen molar-refractivity contribution >= 4 is 43.5 Å². The van der Waals surface area contributed by atoms with Gasteiger partial charge in [0.05, 0.1) is 11.5 Å². The highest BCUT2D eigenvalue weighted by atomic mass is 79.9. The average molecular weight is 407 g/mol. The largest absolute Gasteiger partial charge is 0.481 e. The molecule has 1 aliphatic carbocycles. The molecular weight excluding hydrogens is 390 g/mol. The first-order chi connectivity index (χ1) is 9.39. The van der Waals surface area contributed by atoms with Crippen molar-refractivity contribution in [1.29, 1.82) is 0 Å². The van der Waals surface area contributed by atoms with Crippen LogP contribution in [0.15, 0.2) is 27.1 Å². The first kappa shape index (κ1) is 15.8. The number of rotatable bonds is 4. The summed E-state index contributed by atoms with van der Waals surface area (Å²) >= 11 is 6.86. The lowest BCUT2D eigenvalue weighted by molar-refractivity contribution is -0.144. The fraction of sp³-hybridized carbons (Fsp3) is 0.500. The monoisotopic (exact) mass is 405 g/mol. The summed E-state index contributed by atoms with van der Waals surface area (Å²) in [5.74, 6) is -1.06. The lowest BCUT2D eigenvalue weighted by Crippen LogP contribution is -2.41. The minimum absolute atomic E-state index is 0.310. The molecule has 0 amide bonds. The Morgan fingerprint density at radius 3 is 2.55 bits per heavy atom. The van der Waals surface area contributed by atoms with Crippen LogP contribution in [0.5, 0.6) is 0 Å². The van der Waals surface area contributed by atoms with Crippen molar-refractivity contribution in [2.45, 2.75) is 31.3 Å². The Labute approximate surface area is 134 Å². The molecule has 0 unspecified atom stereocenters. The van der Waals surface area contributed by atoms with Gasteiger partial charge in [-0.15, -0.1) is 0 Å². The second-order valence-corrected chi connectivity index (χ2v) is 7.08. The van der Waals surface area contributed by atoms with Gasteiger partial charge in [0, 0.05) is 21.2 Å². The average Bonchev–Trinajstić information content (AvgIpc) is 2.38. The summed E-state index contributed by atoms with van der Waals surface area (Å²) in [7, 11) is 0. The van der Waals surface area contributed by atoms with Crippen LogP contribution in [0.4, 0.5) is 5.69 Å². The molecule has 0 spiro atoms. The van der Waals surface area contributed by atoms with E-state index in [1.807, 2.05) is 18.2 Å². The van der Waals surface area contributed by atoms with E-state index in [0.717, 1.165) is 14.6 Å². The van der Waals surface area contributed by atoms with Gasteiger partial charge in [0.2, 0.25) is 0 Å². The topological polar surface area (TPSA) is 69.6 Å². The fourth-order valence-corrected chi connectivity index (χ4v) is 3.66. The smallest absolute Gasteiger partial charge is 0.306 e. The number of carbonyl (C=O) groups is 1. The standard InChI is InChI=1S/C14H17Br2NO3/c15-10-1-2-12(11(16)7-10)17-8-14(20)5-3-9(4-6-14)13(18)19/h1-2,7,9,17,20H,3-6,8H2,(H,18,19). The van der Waals surface area contributed by atoms with Crippen molar-refractivity contribution < 1.29 is 15.0 Å². The van der Waals surface area contributed by atoms with Crippen LogP contribution < -0.4 is 5.32 Å². The summed E-state index contributed by atoms with van der Waals surface area (Å²) in [4.78, 5) is 10.9. The molecule has 0 aliphatic heterocycles. The van der Waals surface area contributed by atoms with Gasteiger partial charge in [0.15, 0.2) is 0 Å². The van der Waals surface area contributed by atoms with E-state index in [9.17, 15) is 9.90 Å². The van der Waals surface area contributed by atoms with E-state index in [0.29, 0.717) is 32.2 Å². The van der Waals surface area contributed by atoms with Gasteiger partial charge < -0.3 is 15.5 Å². The van der Waals surface area contributed by atoms with Crippen LogP contribution in [0, 0.1) is 5.92 Å². The first-order valence-electron chi connectivity index (χ1n) is 6.54. The van der Waals surface area contributed by atoms with Crippen molar-refractivity contribution in [3.05, 3.63) is 27.1 Å². The predicted octanol–water partition coefficient (Wildman–Crippen LogP) is 3.63. The van der Waals surface area contributed by atoms with E-state index in [2.05, 4.69) is 37.2 Å².